The highest BCUT2D eigenvalue weighted by atomic mass is 79.9. The summed E-state index contributed by atoms with van der Waals surface area (Å²) in [7, 11) is 3.09. The maximum atomic E-state index is 13.9. The van der Waals surface area contributed by atoms with Crippen LogP contribution in [-0.4, -0.2) is 31.4 Å². The number of nitrogens with zero attached hydrogens (tertiary/aromatic N) is 2. The Labute approximate surface area is 243 Å². The first-order valence-electron chi connectivity index (χ1n) is 12.5. The van der Waals surface area contributed by atoms with Gasteiger partial charge in [-0.3, -0.25) is 9.36 Å². The summed E-state index contributed by atoms with van der Waals surface area (Å²) in [5.74, 6) is 1.69. The van der Waals surface area contributed by atoms with Crippen molar-refractivity contribution in [1.82, 2.24) is 4.57 Å². The SMILES string of the molecule is CCOC(=O)C1=C(C)N=c2sc(=Cc3ccc(-c4ccc(C)cc4Br)o3)c(=O)n2[C@H]1c1cc(OC)ccc1OC. The minimum atomic E-state index is -0.835. The Morgan fingerprint density at radius 3 is 2.62 bits per heavy atom. The molecular formula is C30H27BrN2O6S. The van der Waals surface area contributed by atoms with E-state index in [0.717, 1.165) is 15.6 Å². The number of methoxy groups -OCH3 is 2. The molecule has 1 atom stereocenters. The van der Waals surface area contributed by atoms with Gasteiger partial charge in [0.2, 0.25) is 0 Å². The van der Waals surface area contributed by atoms with Crippen LogP contribution in [0.3, 0.4) is 0 Å². The molecule has 0 amide bonds. The Hall–Kier alpha value is -3.89. The van der Waals surface area contributed by atoms with Crippen molar-refractivity contribution in [3.05, 3.63) is 101 Å². The lowest BCUT2D eigenvalue weighted by Crippen LogP contribution is -2.40. The van der Waals surface area contributed by atoms with E-state index in [1.807, 2.05) is 37.3 Å². The summed E-state index contributed by atoms with van der Waals surface area (Å²) >= 11 is 4.82. The molecule has 0 saturated carbocycles. The number of allylic oxidation sites excluding steroid dienone is 1. The predicted molar refractivity (Wildman–Crippen MR) is 157 cm³/mol. The second-order valence-corrected chi connectivity index (χ2v) is 11.0. The average molecular weight is 624 g/mol. The second kappa shape index (κ2) is 11.3. The highest BCUT2D eigenvalue weighted by molar-refractivity contribution is 9.10. The highest BCUT2D eigenvalue weighted by Crippen LogP contribution is 2.38. The van der Waals surface area contributed by atoms with Gasteiger partial charge in [-0.1, -0.05) is 33.3 Å². The van der Waals surface area contributed by atoms with E-state index in [4.69, 9.17) is 18.6 Å². The van der Waals surface area contributed by atoms with Gasteiger partial charge in [0, 0.05) is 21.7 Å². The molecule has 4 aromatic rings. The summed E-state index contributed by atoms with van der Waals surface area (Å²) in [5.41, 5.74) is 3.02. The van der Waals surface area contributed by atoms with E-state index in [1.165, 1.54) is 23.0 Å². The van der Waals surface area contributed by atoms with E-state index in [0.29, 0.717) is 43.6 Å². The minimum Gasteiger partial charge on any atom is -0.497 e. The minimum absolute atomic E-state index is 0.180. The van der Waals surface area contributed by atoms with Crippen LogP contribution in [0.1, 0.15) is 36.8 Å². The van der Waals surface area contributed by atoms with Crippen LogP contribution in [0.2, 0.25) is 0 Å². The van der Waals surface area contributed by atoms with Crippen molar-refractivity contribution in [2.75, 3.05) is 20.8 Å². The van der Waals surface area contributed by atoms with Crippen LogP contribution in [0.5, 0.6) is 11.5 Å². The van der Waals surface area contributed by atoms with Gasteiger partial charge in [0.05, 0.1) is 36.6 Å². The van der Waals surface area contributed by atoms with Crippen molar-refractivity contribution in [3.63, 3.8) is 0 Å². The number of esters is 1. The van der Waals surface area contributed by atoms with Crippen molar-refractivity contribution in [2.24, 2.45) is 4.99 Å². The Kier molecular flexibility index (Phi) is 7.82. The molecule has 0 N–H and O–H groups in total. The molecule has 5 rings (SSSR count). The molecule has 1 aliphatic heterocycles. The van der Waals surface area contributed by atoms with E-state index in [9.17, 15) is 9.59 Å². The molecule has 2 aromatic heterocycles. The summed E-state index contributed by atoms with van der Waals surface area (Å²) in [6.07, 6.45) is 1.69. The number of carbonyl (C=O) groups excluding carboxylic acids is 1. The molecule has 3 heterocycles. The molecule has 0 unspecified atom stereocenters. The molecule has 0 aliphatic carbocycles. The second-order valence-electron chi connectivity index (χ2n) is 9.10. The summed E-state index contributed by atoms with van der Waals surface area (Å²) in [6, 6.07) is 14.1. The fourth-order valence-corrected chi connectivity index (χ4v) is 6.38. The van der Waals surface area contributed by atoms with Crippen LogP contribution < -0.4 is 24.4 Å². The molecule has 8 nitrogen and oxygen atoms in total. The number of furan rings is 1. The first-order chi connectivity index (χ1) is 19.2. The number of thiazole rings is 1. The first-order valence-corrected chi connectivity index (χ1v) is 14.1. The normalized spacial score (nSPS) is 15.1. The molecule has 40 heavy (non-hydrogen) atoms. The van der Waals surface area contributed by atoms with Gasteiger partial charge in [0.1, 0.15) is 29.1 Å². The third-order valence-corrected chi connectivity index (χ3v) is 8.18. The summed E-state index contributed by atoms with van der Waals surface area (Å²) in [5, 5.41) is 0. The zero-order valence-corrected chi connectivity index (χ0v) is 25.0. The Bertz CT molecular complexity index is 1830. The maximum Gasteiger partial charge on any atom is 0.338 e. The number of rotatable bonds is 7. The molecule has 206 valence electrons. The molecule has 1 aliphatic rings. The molecule has 0 bridgehead atoms. The zero-order valence-electron chi connectivity index (χ0n) is 22.6. The number of fused-ring (bicyclic) bond motifs is 1. The Morgan fingerprint density at radius 1 is 1.12 bits per heavy atom. The summed E-state index contributed by atoms with van der Waals surface area (Å²) in [6.45, 7) is 5.67. The number of aryl methyl sites for hydroxylation is 1. The lowest BCUT2D eigenvalue weighted by atomic mass is 9.95. The standard InChI is InChI=1S/C30H27BrN2O6S/c1-6-38-29(35)26-17(3)32-30-33(27(26)21-14-18(36-4)8-11-23(21)37-5)28(34)25(40-30)15-19-9-12-24(39-19)20-10-7-16(2)13-22(20)31/h7-15,27H,6H2,1-5H3/t27-/m0/s1. The quantitative estimate of drug-likeness (QED) is 0.265. The number of halogens is 1. The van der Waals surface area contributed by atoms with Gasteiger partial charge < -0.3 is 18.6 Å². The zero-order chi connectivity index (χ0) is 28.6. The van der Waals surface area contributed by atoms with E-state index in [-0.39, 0.29) is 17.7 Å². The lowest BCUT2D eigenvalue weighted by Gasteiger charge is -2.26. The number of benzene rings is 2. The van der Waals surface area contributed by atoms with Crippen LogP contribution in [0.25, 0.3) is 17.4 Å². The van der Waals surface area contributed by atoms with Gasteiger partial charge in [-0.05, 0) is 68.8 Å². The third kappa shape index (κ3) is 5.04. The highest BCUT2D eigenvalue weighted by Gasteiger charge is 2.35. The van der Waals surface area contributed by atoms with Crippen molar-refractivity contribution >= 4 is 39.3 Å². The fourth-order valence-electron chi connectivity index (χ4n) is 4.66. The number of aromatic nitrogens is 1. The van der Waals surface area contributed by atoms with Crippen molar-refractivity contribution in [3.8, 4) is 22.8 Å². The van der Waals surface area contributed by atoms with Gasteiger partial charge >= 0.3 is 5.97 Å². The van der Waals surface area contributed by atoms with Crippen molar-refractivity contribution < 1.29 is 23.4 Å². The monoisotopic (exact) mass is 622 g/mol. The summed E-state index contributed by atoms with van der Waals surface area (Å²) < 4.78 is 25.4. The first kappa shape index (κ1) is 27.7. The van der Waals surface area contributed by atoms with Crippen LogP contribution in [0, 0.1) is 6.92 Å². The third-order valence-electron chi connectivity index (χ3n) is 6.54. The van der Waals surface area contributed by atoms with Crippen LogP contribution in [-0.2, 0) is 9.53 Å². The molecular weight excluding hydrogens is 596 g/mol. The smallest absolute Gasteiger partial charge is 0.338 e. The van der Waals surface area contributed by atoms with Crippen molar-refractivity contribution in [2.45, 2.75) is 26.8 Å². The maximum absolute atomic E-state index is 13.9. The number of ether oxygens (including phenoxy) is 3. The van der Waals surface area contributed by atoms with Gasteiger partial charge in [0.25, 0.3) is 5.56 Å². The van der Waals surface area contributed by atoms with Crippen LogP contribution in [0.4, 0.5) is 0 Å². The van der Waals surface area contributed by atoms with Gasteiger partial charge in [0.15, 0.2) is 4.80 Å². The van der Waals surface area contributed by atoms with E-state index >= 15 is 0 Å². The lowest BCUT2D eigenvalue weighted by molar-refractivity contribution is -0.139. The average Bonchev–Trinajstić information content (AvgIpc) is 3.51. The Balaban J connectivity index is 1.68. The number of hydrogen-bond donors (Lipinski definition) is 0. The molecule has 0 fully saturated rings. The molecule has 0 spiro atoms. The van der Waals surface area contributed by atoms with Crippen LogP contribution >= 0.6 is 27.3 Å². The fraction of sp³-hybridized carbons (Fsp3) is 0.233. The number of hydrogen-bond acceptors (Lipinski definition) is 8. The molecule has 0 radical (unpaired) electrons. The summed E-state index contributed by atoms with van der Waals surface area (Å²) in [4.78, 5) is 32.2. The largest absolute Gasteiger partial charge is 0.497 e. The van der Waals surface area contributed by atoms with E-state index in [1.54, 1.807) is 45.2 Å². The van der Waals surface area contributed by atoms with Gasteiger partial charge in [-0.2, -0.15) is 0 Å². The predicted octanol–water partition coefficient (Wildman–Crippen LogP) is 5.15. The Morgan fingerprint density at radius 2 is 1.93 bits per heavy atom. The molecule has 0 saturated heterocycles. The topological polar surface area (TPSA) is 92.3 Å². The van der Waals surface area contributed by atoms with Crippen molar-refractivity contribution in [1.29, 1.82) is 0 Å². The van der Waals surface area contributed by atoms with Gasteiger partial charge in [-0.15, -0.1) is 0 Å². The molecule has 10 heteroatoms. The number of carbonyl (C=O) groups is 1. The van der Waals surface area contributed by atoms with Crippen LogP contribution in [0.15, 0.2) is 78.5 Å². The molecule has 2 aromatic carbocycles. The van der Waals surface area contributed by atoms with E-state index < -0.39 is 12.0 Å². The van der Waals surface area contributed by atoms with Gasteiger partial charge in [-0.25, -0.2) is 9.79 Å². The van der Waals surface area contributed by atoms with E-state index in [2.05, 4.69) is 20.9 Å².